The van der Waals surface area contributed by atoms with Gasteiger partial charge >= 0.3 is 0 Å². The molecule has 76 valence electrons. The van der Waals surface area contributed by atoms with E-state index in [9.17, 15) is 9.59 Å². The van der Waals surface area contributed by atoms with Crippen LogP contribution in [0.2, 0.25) is 0 Å². The van der Waals surface area contributed by atoms with Crippen LogP contribution in [0.1, 0.15) is 19.3 Å². The van der Waals surface area contributed by atoms with Crippen LogP contribution in [0, 0.1) is 0 Å². The minimum atomic E-state index is -0.0236. The fourth-order valence-electron chi connectivity index (χ4n) is 1.80. The van der Waals surface area contributed by atoms with E-state index in [4.69, 9.17) is 0 Å². The van der Waals surface area contributed by atoms with Crippen molar-refractivity contribution in [2.45, 2.75) is 19.3 Å². The molecule has 0 spiro atoms. The second-order valence-electron chi connectivity index (χ2n) is 3.69. The molecule has 0 N–H and O–H groups in total. The van der Waals surface area contributed by atoms with Crippen molar-refractivity contribution >= 4 is 11.8 Å². The van der Waals surface area contributed by atoms with Gasteiger partial charge in [-0.2, -0.15) is 0 Å². The number of imide groups is 1. The minimum Gasteiger partial charge on any atom is -0.282 e. The van der Waals surface area contributed by atoms with Gasteiger partial charge in [0.2, 0.25) is 11.8 Å². The molecule has 2 rings (SSSR count). The van der Waals surface area contributed by atoms with Crippen LogP contribution in [0.25, 0.3) is 0 Å². The highest BCUT2D eigenvalue weighted by atomic mass is 16.2. The van der Waals surface area contributed by atoms with Crippen molar-refractivity contribution in [1.82, 2.24) is 9.80 Å². The van der Waals surface area contributed by atoms with Crippen molar-refractivity contribution in [2.24, 2.45) is 0 Å². The SMILES string of the molecule is O=C1CCC(=O)N1CN1CC=CCC1. The van der Waals surface area contributed by atoms with E-state index in [0.717, 1.165) is 19.5 Å². The Balaban J connectivity index is 1.92. The monoisotopic (exact) mass is 194 g/mol. The molecule has 0 aromatic carbocycles. The minimum absolute atomic E-state index is 0.0236. The molecular weight excluding hydrogens is 180 g/mol. The lowest BCUT2D eigenvalue weighted by Crippen LogP contribution is -2.42. The fraction of sp³-hybridized carbons (Fsp3) is 0.600. The van der Waals surface area contributed by atoms with Crippen LogP contribution in [0.5, 0.6) is 0 Å². The molecule has 2 amide bonds. The molecule has 0 unspecified atom stereocenters. The van der Waals surface area contributed by atoms with E-state index in [2.05, 4.69) is 17.1 Å². The van der Waals surface area contributed by atoms with Gasteiger partial charge in [0.25, 0.3) is 0 Å². The van der Waals surface area contributed by atoms with Crippen LogP contribution in [-0.4, -0.2) is 41.4 Å². The Labute approximate surface area is 83.2 Å². The van der Waals surface area contributed by atoms with Gasteiger partial charge < -0.3 is 0 Å². The summed E-state index contributed by atoms with van der Waals surface area (Å²) in [5.41, 5.74) is 0. The van der Waals surface area contributed by atoms with Crippen molar-refractivity contribution < 1.29 is 9.59 Å². The maximum atomic E-state index is 11.3. The van der Waals surface area contributed by atoms with E-state index in [1.807, 2.05) is 0 Å². The number of rotatable bonds is 2. The van der Waals surface area contributed by atoms with Crippen LogP contribution in [-0.2, 0) is 9.59 Å². The van der Waals surface area contributed by atoms with Crippen LogP contribution in [0.3, 0.4) is 0 Å². The first-order valence-corrected chi connectivity index (χ1v) is 4.98. The number of hydrogen-bond donors (Lipinski definition) is 0. The predicted octanol–water partition coefficient (Wildman–Crippen LogP) is 0.355. The standard InChI is InChI=1S/C10H14N2O2/c13-9-4-5-10(14)12(9)8-11-6-2-1-3-7-11/h1-2H,3-8H2. The largest absolute Gasteiger partial charge is 0.282 e. The zero-order chi connectivity index (χ0) is 9.97. The fourth-order valence-corrected chi connectivity index (χ4v) is 1.80. The Morgan fingerprint density at radius 3 is 2.43 bits per heavy atom. The van der Waals surface area contributed by atoms with Crippen LogP contribution in [0.15, 0.2) is 12.2 Å². The third-order valence-electron chi connectivity index (χ3n) is 2.64. The summed E-state index contributed by atoms with van der Waals surface area (Å²) in [6, 6.07) is 0. The quantitative estimate of drug-likeness (QED) is 0.470. The van der Waals surface area contributed by atoms with Gasteiger partial charge in [0, 0.05) is 25.9 Å². The smallest absolute Gasteiger partial charge is 0.230 e. The van der Waals surface area contributed by atoms with Crippen LogP contribution < -0.4 is 0 Å². The maximum absolute atomic E-state index is 11.3. The molecular formula is C10H14N2O2. The third-order valence-corrected chi connectivity index (χ3v) is 2.64. The Bertz CT molecular complexity index is 270. The van der Waals surface area contributed by atoms with Gasteiger partial charge in [0.15, 0.2) is 0 Å². The number of carbonyl (C=O) groups is 2. The average molecular weight is 194 g/mol. The molecule has 0 aliphatic carbocycles. The van der Waals surface area contributed by atoms with E-state index in [1.165, 1.54) is 4.90 Å². The summed E-state index contributed by atoms with van der Waals surface area (Å²) in [6.07, 6.45) is 6.00. The van der Waals surface area contributed by atoms with E-state index in [1.54, 1.807) is 0 Å². The summed E-state index contributed by atoms with van der Waals surface area (Å²) in [4.78, 5) is 26.1. The third kappa shape index (κ3) is 1.85. The van der Waals surface area contributed by atoms with Crippen molar-refractivity contribution in [3.05, 3.63) is 12.2 Å². The van der Waals surface area contributed by atoms with Gasteiger partial charge in [-0.1, -0.05) is 12.2 Å². The zero-order valence-corrected chi connectivity index (χ0v) is 8.11. The number of hydrogen-bond acceptors (Lipinski definition) is 3. The molecule has 2 aliphatic rings. The van der Waals surface area contributed by atoms with Gasteiger partial charge in [-0.15, -0.1) is 0 Å². The van der Waals surface area contributed by atoms with Crippen molar-refractivity contribution in [3.8, 4) is 0 Å². The molecule has 1 fully saturated rings. The number of nitrogens with zero attached hydrogens (tertiary/aromatic N) is 2. The molecule has 14 heavy (non-hydrogen) atoms. The van der Waals surface area contributed by atoms with Crippen molar-refractivity contribution in [3.63, 3.8) is 0 Å². The van der Waals surface area contributed by atoms with Crippen molar-refractivity contribution in [1.29, 1.82) is 0 Å². The Hall–Kier alpha value is -1.16. The number of amides is 2. The van der Waals surface area contributed by atoms with E-state index >= 15 is 0 Å². The topological polar surface area (TPSA) is 40.6 Å². The van der Waals surface area contributed by atoms with Gasteiger partial charge in [-0.3, -0.25) is 19.4 Å². The summed E-state index contributed by atoms with van der Waals surface area (Å²) >= 11 is 0. The van der Waals surface area contributed by atoms with Gasteiger partial charge in [-0.25, -0.2) is 0 Å². The lowest BCUT2D eigenvalue weighted by Gasteiger charge is -2.27. The molecule has 2 aliphatic heterocycles. The Kier molecular flexibility index (Phi) is 2.63. The lowest BCUT2D eigenvalue weighted by molar-refractivity contribution is -0.140. The van der Waals surface area contributed by atoms with E-state index in [0.29, 0.717) is 19.5 Å². The van der Waals surface area contributed by atoms with Gasteiger partial charge in [0.1, 0.15) is 0 Å². The molecule has 0 saturated carbocycles. The summed E-state index contributed by atoms with van der Waals surface area (Å²) in [7, 11) is 0. The van der Waals surface area contributed by atoms with E-state index in [-0.39, 0.29) is 11.8 Å². The summed E-state index contributed by atoms with van der Waals surface area (Å²) < 4.78 is 0. The molecule has 0 bridgehead atoms. The Morgan fingerprint density at radius 1 is 1.14 bits per heavy atom. The molecule has 0 atom stereocenters. The molecule has 1 saturated heterocycles. The normalized spacial score (nSPS) is 23.6. The van der Waals surface area contributed by atoms with Gasteiger partial charge in [-0.05, 0) is 6.42 Å². The molecule has 0 aromatic heterocycles. The van der Waals surface area contributed by atoms with E-state index < -0.39 is 0 Å². The second kappa shape index (κ2) is 3.92. The number of carbonyl (C=O) groups excluding carboxylic acids is 2. The molecule has 4 heteroatoms. The van der Waals surface area contributed by atoms with Gasteiger partial charge in [0.05, 0.1) is 6.67 Å². The first kappa shape index (κ1) is 9.40. The molecule has 0 radical (unpaired) electrons. The first-order valence-electron chi connectivity index (χ1n) is 4.98. The molecule has 2 heterocycles. The zero-order valence-electron chi connectivity index (χ0n) is 8.11. The highest BCUT2D eigenvalue weighted by Gasteiger charge is 2.29. The van der Waals surface area contributed by atoms with Crippen LogP contribution >= 0.6 is 0 Å². The molecule has 4 nitrogen and oxygen atoms in total. The predicted molar refractivity (Wildman–Crippen MR) is 51.3 cm³/mol. The number of likely N-dealkylation sites (tertiary alicyclic amines) is 1. The van der Waals surface area contributed by atoms with Crippen molar-refractivity contribution in [2.75, 3.05) is 19.8 Å². The highest BCUT2D eigenvalue weighted by molar-refractivity contribution is 6.01. The highest BCUT2D eigenvalue weighted by Crippen LogP contribution is 2.13. The van der Waals surface area contributed by atoms with Crippen LogP contribution in [0.4, 0.5) is 0 Å². The average Bonchev–Trinajstić information content (AvgIpc) is 2.51. The summed E-state index contributed by atoms with van der Waals surface area (Å²) in [5, 5.41) is 0. The molecule has 0 aromatic rings. The summed E-state index contributed by atoms with van der Waals surface area (Å²) in [5.74, 6) is -0.0471. The Morgan fingerprint density at radius 2 is 1.86 bits per heavy atom. The first-order chi connectivity index (χ1) is 6.77. The summed E-state index contributed by atoms with van der Waals surface area (Å²) in [6.45, 7) is 2.26. The second-order valence-corrected chi connectivity index (χ2v) is 3.69. The lowest BCUT2D eigenvalue weighted by atomic mass is 10.3. The maximum Gasteiger partial charge on any atom is 0.230 e.